The molecule has 2 aliphatic rings. The molecular formula is C14H17F2N3O. The molecule has 3 rings (SSSR count). The summed E-state index contributed by atoms with van der Waals surface area (Å²) < 4.78 is 28.5. The predicted molar refractivity (Wildman–Crippen MR) is 72.0 cm³/mol. The maximum atomic E-state index is 14.2. The first-order valence-corrected chi connectivity index (χ1v) is 6.83. The number of benzene rings is 1. The van der Waals surface area contributed by atoms with Crippen molar-refractivity contribution in [2.75, 3.05) is 11.4 Å². The van der Waals surface area contributed by atoms with Gasteiger partial charge in [-0.3, -0.25) is 0 Å². The fourth-order valence-electron chi connectivity index (χ4n) is 2.43. The molecule has 4 nitrogen and oxygen atoms in total. The van der Waals surface area contributed by atoms with E-state index in [0.717, 1.165) is 37.8 Å². The molecular weight excluding hydrogens is 264 g/mol. The minimum Gasteiger partial charge on any atom is -0.409 e. The van der Waals surface area contributed by atoms with Crippen molar-refractivity contribution in [2.45, 2.75) is 31.7 Å². The van der Waals surface area contributed by atoms with E-state index < -0.39 is 11.6 Å². The monoisotopic (exact) mass is 281 g/mol. The Bertz CT molecular complexity index is 530. The summed E-state index contributed by atoms with van der Waals surface area (Å²) >= 11 is 0. The summed E-state index contributed by atoms with van der Waals surface area (Å²) in [4.78, 5) is 1.85. The molecule has 0 spiro atoms. The molecule has 2 saturated carbocycles. The first-order chi connectivity index (χ1) is 9.60. The molecule has 2 aliphatic carbocycles. The van der Waals surface area contributed by atoms with Gasteiger partial charge < -0.3 is 15.8 Å². The van der Waals surface area contributed by atoms with Crippen molar-refractivity contribution in [3.63, 3.8) is 0 Å². The zero-order chi connectivity index (χ0) is 14.3. The normalized spacial score (nSPS) is 19.2. The fraction of sp³-hybridized carbons (Fsp3) is 0.500. The van der Waals surface area contributed by atoms with Gasteiger partial charge in [0.05, 0.1) is 0 Å². The molecule has 1 aromatic rings. The Morgan fingerprint density at radius 1 is 1.25 bits per heavy atom. The number of nitrogens with two attached hydrogens (primary N) is 1. The minimum absolute atomic E-state index is 0.0221. The number of halogens is 2. The Morgan fingerprint density at radius 2 is 1.85 bits per heavy atom. The van der Waals surface area contributed by atoms with Crippen molar-refractivity contribution in [1.82, 2.24) is 0 Å². The van der Waals surface area contributed by atoms with Crippen molar-refractivity contribution in [1.29, 1.82) is 0 Å². The largest absolute Gasteiger partial charge is 0.409 e. The fourth-order valence-corrected chi connectivity index (χ4v) is 2.43. The number of rotatable bonds is 5. The Morgan fingerprint density at radius 3 is 2.30 bits per heavy atom. The van der Waals surface area contributed by atoms with Gasteiger partial charge in [0, 0.05) is 18.2 Å². The molecule has 3 N–H and O–H groups in total. The summed E-state index contributed by atoms with van der Waals surface area (Å²) in [6, 6.07) is 2.49. The third-order valence-electron chi connectivity index (χ3n) is 3.85. The van der Waals surface area contributed by atoms with E-state index in [-0.39, 0.29) is 23.1 Å². The molecule has 2 fully saturated rings. The van der Waals surface area contributed by atoms with Gasteiger partial charge in [-0.15, -0.1) is 0 Å². The number of amidine groups is 1. The third kappa shape index (κ3) is 2.55. The van der Waals surface area contributed by atoms with Crippen LogP contribution in [0, 0.1) is 17.6 Å². The van der Waals surface area contributed by atoms with Gasteiger partial charge in [0.25, 0.3) is 0 Å². The second kappa shape index (κ2) is 4.92. The van der Waals surface area contributed by atoms with Gasteiger partial charge >= 0.3 is 0 Å². The van der Waals surface area contributed by atoms with Gasteiger partial charge in [-0.2, -0.15) is 0 Å². The molecule has 0 unspecified atom stereocenters. The maximum absolute atomic E-state index is 14.2. The van der Waals surface area contributed by atoms with Gasteiger partial charge in [0.1, 0.15) is 17.3 Å². The summed E-state index contributed by atoms with van der Waals surface area (Å²) in [5, 5.41) is 11.4. The van der Waals surface area contributed by atoms with Crippen LogP contribution in [0.25, 0.3) is 0 Å². The quantitative estimate of drug-likeness (QED) is 0.377. The molecule has 0 radical (unpaired) electrons. The van der Waals surface area contributed by atoms with E-state index in [0.29, 0.717) is 12.5 Å². The first-order valence-electron chi connectivity index (χ1n) is 6.83. The number of hydrogen-bond donors (Lipinski definition) is 2. The zero-order valence-electron chi connectivity index (χ0n) is 11.0. The Kier molecular flexibility index (Phi) is 3.23. The topological polar surface area (TPSA) is 61.9 Å². The molecule has 108 valence electrons. The van der Waals surface area contributed by atoms with E-state index in [4.69, 9.17) is 10.9 Å². The average Bonchev–Trinajstić information content (AvgIpc) is 3.26. The molecule has 0 heterocycles. The van der Waals surface area contributed by atoms with E-state index >= 15 is 0 Å². The van der Waals surface area contributed by atoms with Crippen LogP contribution in [0.1, 0.15) is 31.2 Å². The number of oxime groups is 1. The second-order valence-corrected chi connectivity index (χ2v) is 5.60. The highest BCUT2D eigenvalue weighted by Crippen LogP contribution is 2.39. The van der Waals surface area contributed by atoms with Gasteiger partial charge in [-0.1, -0.05) is 5.16 Å². The van der Waals surface area contributed by atoms with Gasteiger partial charge in [-0.25, -0.2) is 8.78 Å². The predicted octanol–water partition coefficient (Wildman–Crippen LogP) is 2.44. The number of nitrogens with zero attached hydrogens (tertiary/aromatic N) is 2. The molecule has 0 saturated heterocycles. The molecule has 0 bridgehead atoms. The molecule has 1 aromatic carbocycles. The summed E-state index contributed by atoms with van der Waals surface area (Å²) in [6.45, 7) is 0.710. The van der Waals surface area contributed by atoms with Crippen LogP contribution in [0.4, 0.5) is 14.5 Å². The van der Waals surface area contributed by atoms with Crippen LogP contribution in [0.15, 0.2) is 17.3 Å². The third-order valence-corrected chi connectivity index (χ3v) is 3.85. The highest BCUT2D eigenvalue weighted by molar-refractivity contribution is 5.97. The molecule has 0 amide bonds. The lowest BCUT2D eigenvalue weighted by atomic mass is 10.1. The standard InChI is InChI=1S/C14H17F2N3O/c15-11-5-9(14(17)18-20)6-12(16)13(11)19(10-3-4-10)7-8-1-2-8/h5-6,8,10,20H,1-4,7H2,(H2,17,18). The minimum atomic E-state index is -0.654. The lowest BCUT2D eigenvalue weighted by molar-refractivity contribution is 0.318. The van der Waals surface area contributed by atoms with Crippen molar-refractivity contribution in [3.05, 3.63) is 29.3 Å². The Labute approximate surface area is 115 Å². The maximum Gasteiger partial charge on any atom is 0.170 e. The first kappa shape index (κ1) is 13.1. The van der Waals surface area contributed by atoms with Crippen molar-refractivity contribution < 1.29 is 14.0 Å². The van der Waals surface area contributed by atoms with Crippen LogP contribution < -0.4 is 10.6 Å². The van der Waals surface area contributed by atoms with Crippen molar-refractivity contribution in [2.24, 2.45) is 16.8 Å². The smallest absolute Gasteiger partial charge is 0.170 e. The van der Waals surface area contributed by atoms with Crippen LogP contribution in [0.5, 0.6) is 0 Å². The summed E-state index contributed by atoms with van der Waals surface area (Å²) in [5.74, 6) is -1.05. The highest BCUT2D eigenvalue weighted by atomic mass is 19.1. The molecule has 0 aliphatic heterocycles. The van der Waals surface area contributed by atoms with Gasteiger partial charge in [0.15, 0.2) is 5.84 Å². The van der Waals surface area contributed by atoms with E-state index in [2.05, 4.69) is 5.16 Å². The van der Waals surface area contributed by atoms with Crippen LogP contribution in [0.2, 0.25) is 0 Å². The number of hydrogen-bond acceptors (Lipinski definition) is 3. The van der Waals surface area contributed by atoms with Crippen LogP contribution in [-0.2, 0) is 0 Å². The van der Waals surface area contributed by atoms with E-state index in [1.54, 1.807) is 0 Å². The SMILES string of the molecule is N/C(=N/O)c1cc(F)c(N(CC2CC2)C2CC2)c(F)c1. The lowest BCUT2D eigenvalue weighted by Crippen LogP contribution is -2.30. The number of anilines is 1. The summed E-state index contributed by atoms with van der Waals surface area (Å²) in [5.41, 5.74) is 5.45. The van der Waals surface area contributed by atoms with E-state index in [1.807, 2.05) is 4.90 Å². The second-order valence-electron chi connectivity index (χ2n) is 5.60. The van der Waals surface area contributed by atoms with Crippen LogP contribution in [-0.4, -0.2) is 23.6 Å². The van der Waals surface area contributed by atoms with Crippen LogP contribution in [0.3, 0.4) is 0 Å². The van der Waals surface area contributed by atoms with Gasteiger partial charge in [-0.05, 0) is 43.7 Å². The van der Waals surface area contributed by atoms with E-state index in [9.17, 15) is 8.78 Å². The average molecular weight is 281 g/mol. The van der Waals surface area contributed by atoms with Crippen molar-refractivity contribution >= 4 is 11.5 Å². The molecule has 6 heteroatoms. The highest BCUT2D eigenvalue weighted by Gasteiger charge is 2.36. The molecule has 20 heavy (non-hydrogen) atoms. The Balaban J connectivity index is 1.94. The Hall–Kier alpha value is -1.85. The lowest BCUT2D eigenvalue weighted by Gasteiger charge is -2.26. The van der Waals surface area contributed by atoms with E-state index in [1.165, 1.54) is 0 Å². The zero-order valence-corrected chi connectivity index (χ0v) is 11.0. The summed E-state index contributed by atoms with van der Waals surface area (Å²) in [7, 11) is 0. The molecule has 0 aromatic heterocycles. The van der Waals surface area contributed by atoms with Crippen LogP contribution >= 0.6 is 0 Å². The summed E-state index contributed by atoms with van der Waals surface area (Å²) in [6.07, 6.45) is 4.23. The van der Waals surface area contributed by atoms with Gasteiger partial charge in [0.2, 0.25) is 0 Å². The van der Waals surface area contributed by atoms with Crippen molar-refractivity contribution in [3.8, 4) is 0 Å². The molecule has 0 atom stereocenters.